The van der Waals surface area contributed by atoms with Gasteiger partial charge in [0.2, 0.25) is 0 Å². The maximum absolute atomic E-state index is 11.8. The number of rotatable bonds is 3. The number of benzene rings is 1. The number of thiophene rings is 1. The van der Waals surface area contributed by atoms with Crippen LogP contribution in [0.25, 0.3) is 0 Å². The van der Waals surface area contributed by atoms with E-state index in [9.17, 15) is 4.79 Å². The van der Waals surface area contributed by atoms with E-state index in [4.69, 9.17) is 5.73 Å². The van der Waals surface area contributed by atoms with Gasteiger partial charge in [-0.25, -0.2) is 4.79 Å². The molecule has 0 spiro atoms. The van der Waals surface area contributed by atoms with Crippen LogP contribution in [0.5, 0.6) is 0 Å². The quantitative estimate of drug-likeness (QED) is 0.758. The highest BCUT2D eigenvalue weighted by Gasteiger charge is 2.05. The van der Waals surface area contributed by atoms with E-state index in [2.05, 4.69) is 22.5 Å². The van der Waals surface area contributed by atoms with Crippen LogP contribution in [-0.2, 0) is 6.54 Å². The molecule has 0 radical (unpaired) electrons. The molecule has 1 heterocycles. The Hall–Kier alpha value is -2.29. The zero-order chi connectivity index (χ0) is 14.2. The van der Waals surface area contributed by atoms with Crippen LogP contribution in [0, 0.1) is 11.8 Å². The molecule has 0 saturated heterocycles. The zero-order valence-electron chi connectivity index (χ0n) is 10.8. The standard InChI is InChI=1S/C15H15N3OS/c16-9-4-5-12-8-10-20-14(12)11-17-15(19)18-13-6-2-1-3-7-13/h1-3,6-8,10H,9,11,16H2,(H2,17,18,19). The summed E-state index contributed by atoms with van der Waals surface area (Å²) in [4.78, 5) is 12.8. The monoisotopic (exact) mass is 285 g/mol. The number of hydrogen-bond acceptors (Lipinski definition) is 3. The van der Waals surface area contributed by atoms with Gasteiger partial charge >= 0.3 is 6.03 Å². The summed E-state index contributed by atoms with van der Waals surface area (Å²) in [6.07, 6.45) is 0. The Morgan fingerprint density at radius 3 is 2.80 bits per heavy atom. The fourth-order valence-corrected chi connectivity index (χ4v) is 2.36. The molecule has 0 bridgehead atoms. The third-order valence-electron chi connectivity index (χ3n) is 2.51. The summed E-state index contributed by atoms with van der Waals surface area (Å²) in [7, 11) is 0. The second kappa shape index (κ2) is 7.34. The van der Waals surface area contributed by atoms with Gasteiger partial charge in [-0.1, -0.05) is 30.0 Å². The number of carbonyl (C=O) groups is 1. The molecule has 0 unspecified atom stereocenters. The van der Waals surface area contributed by atoms with Crippen molar-refractivity contribution in [1.29, 1.82) is 0 Å². The average Bonchev–Trinajstić information content (AvgIpc) is 2.91. The molecule has 0 aliphatic rings. The van der Waals surface area contributed by atoms with Crippen molar-refractivity contribution < 1.29 is 4.79 Å². The van der Waals surface area contributed by atoms with Gasteiger partial charge in [-0.2, -0.15) is 0 Å². The Morgan fingerprint density at radius 2 is 2.05 bits per heavy atom. The molecule has 20 heavy (non-hydrogen) atoms. The highest BCUT2D eigenvalue weighted by molar-refractivity contribution is 7.10. The number of amides is 2. The molecule has 1 aromatic heterocycles. The van der Waals surface area contributed by atoms with Crippen molar-refractivity contribution in [3.8, 4) is 11.8 Å². The van der Waals surface area contributed by atoms with Gasteiger partial charge in [0, 0.05) is 16.1 Å². The molecule has 2 aromatic rings. The summed E-state index contributed by atoms with van der Waals surface area (Å²) >= 11 is 1.56. The maximum Gasteiger partial charge on any atom is 0.319 e. The van der Waals surface area contributed by atoms with E-state index in [-0.39, 0.29) is 6.03 Å². The van der Waals surface area contributed by atoms with Gasteiger partial charge in [0.1, 0.15) is 0 Å². The second-order valence-corrected chi connectivity index (χ2v) is 4.94. The first-order chi connectivity index (χ1) is 9.79. The smallest absolute Gasteiger partial charge is 0.319 e. The molecule has 0 saturated carbocycles. The lowest BCUT2D eigenvalue weighted by molar-refractivity contribution is 0.252. The van der Waals surface area contributed by atoms with Gasteiger partial charge in [0.25, 0.3) is 0 Å². The van der Waals surface area contributed by atoms with E-state index in [0.29, 0.717) is 13.1 Å². The van der Waals surface area contributed by atoms with Crippen LogP contribution in [0.15, 0.2) is 41.8 Å². The van der Waals surface area contributed by atoms with Crippen molar-refractivity contribution in [1.82, 2.24) is 5.32 Å². The summed E-state index contributed by atoms with van der Waals surface area (Å²) in [5.74, 6) is 5.80. The number of carbonyl (C=O) groups excluding carboxylic acids is 1. The lowest BCUT2D eigenvalue weighted by Crippen LogP contribution is -2.28. The molecule has 2 rings (SSSR count). The number of nitrogens with two attached hydrogens (primary N) is 1. The highest BCUT2D eigenvalue weighted by Crippen LogP contribution is 2.15. The Labute approximate surface area is 122 Å². The van der Waals surface area contributed by atoms with Crippen molar-refractivity contribution in [2.75, 3.05) is 11.9 Å². The normalized spacial score (nSPS) is 9.45. The first kappa shape index (κ1) is 14.1. The van der Waals surface area contributed by atoms with Crippen LogP contribution in [0.1, 0.15) is 10.4 Å². The molecule has 4 nitrogen and oxygen atoms in total. The van der Waals surface area contributed by atoms with Gasteiger partial charge in [0.15, 0.2) is 0 Å². The summed E-state index contributed by atoms with van der Waals surface area (Å²) in [6.45, 7) is 0.780. The number of urea groups is 1. The lowest BCUT2D eigenvalue weighted by atomic mass is 10.2. The van der Waals surface area contributed by atoms with E-state index in [1.807, 2.05) is 41.8 Å². The Balaban J connectivity index is 1.89. The van der Waals surface area contributed by atoms with Crippen molar-refractivity contribution >= 4 is 23.1 Å². The molecule has 4 N–H and O–H groups in total. The summed E-state index contributed by atoms with van der Waals surface area (Å²) < 4.78 is 0. The third-order valence-corrected chi connectivity index (χ3v) is 3.43. The summed E-state index contributed by atoms with van der Waals surface area (Å²) in [6, 6.07) is 11.0. The lowest BCUT2D eigenvalue weighted by Gasteiger charge is -2.06. The van der Waals surface area contributed by atoms with Crippen LogP contribution in [0.2, 0.25) is 0 Å². The summed E-state index contributed by atoms with van der Waals surface area (Å²) in [5.41, 5.74) is 7.03. The van der Waals surface area contributed by atoms with E-state index in [0.717, 1.165) is 16.1 Å². The predicted molar refractivity (Wildman–Crippen MR) is 82.6 cm³/mol. The average molecular weight is 285 g/mol. The number of anilines is 1. The largest absolute Gasteiger partial charge is 0.333 e. The highest BCUT2D eigenvalue weighted by atomic mass is 32.1. The van der Waals surface area contributed by atoms with Crippen LogP contribution in [0.3, 0.4) is 0 Å². The molecular formula is C15H15N3OS. The molecule has 0 aliphatic heterocycles. The van der Waals surface area contributed by atoms with Crippen LogP contribution >= 0.6 is 11.3 Å². The Kier molecular flexibility index (Phi) is 5.18. The number of para-hydroxylation sites is 1. The number of nitrogens with one attached hydrogen (secondary N) is 2. The van der Waals surface area contributed by atoms with Gasteiger partial charge in [0.05, 0.1) is 13.1 Å². The zero-order valence-corrected chi connectivity index (χ0v) is 11.7. The summed E-state index contributed by atoms with van der Waals surface area (Å²) in [5, 5.41) is 7.53. The molecule has 0 atom stereocenters. The predicted octanol–water partition coefficient (Wildman–Crippen LogP) is 2.38. The molecule has 5 heteroatoms. The van der Waals surface area contributed by atoms with Crippen LogP contribution in [-0.4, -0.2) is 12.6 Å². The molecular weight excluding hydrogens is 270 g/mol. The Morgan fingerprint density at radius 1 is 1.25 bits per heavy atom. The van der Waals surface area contributed by atoms with Gasteiger partial charge < -0.3 is 16.4 Å². The third kappa shape index (κ3) is 4.12. The molecule has 2 amide bonds. The minimum Gasteiger partial charge on any atom is -0.333 e. The first-order valence-corrected chi connectivity index (χ1v) is 7.03. The molecule has 0 fully saturated rings. The molecule has 102 valence electrons. The molecule has 0 aliphatic carbocycles. The van der Waals surface area contributed by atoms with E-state index in [1.54, 1.807) is 11.3 Å². The fourth-order valence-electron chi connectivity index (χ4n) is 1.59. The van der Waals surface area contributed by atoms with Gasteiger partial charge in [-0.15, -0.1) is 11.3 Å². The van der Waals surface area contributed by atoms with Gasteiger partial charge in [-0.3, -0.25) is 0 Å². The molecule has 1 aromatic carbocycles. The van der Waals surface area contributed by atoms with E-state index < -0.39 is 0 Å². The van der Waals surface area contributed by atoms with Crippen molar-refractivity contribution in [3.05, 3.63) is 52.2 Å². The number of hydrogen-bond donors (Lipinski definition) is 3. The van der Waals surface area contributed by atoms with Crippen molar-refractivity contribution in [3.63, 3.8) is 0 Å². The first-order valence-electron chi connectivity index (χ1n) is 6.15. The minimum atomic E-state index is -0.234. The van der Waals surface area contributed by atoms with Crippen LogP contribution < -0.4 is 16.4 Å². The second-order valence-electron chi connectivity index (χ2n) is 3.94. The van der Waals surface area contributed by atoms with Crippen molar-refractivity contribution in [2.24, 2.45) is 5.73 Å². The van der Waals surface area contributed by atoms with Crippen LogP contribution in [0.4, 0.5) is 10.5 Å². The van der Waals surface area contributed by atoms with E-state index in [1.165, 1.54) is 0 Å². The van der Waals surface area contributed by atoms with Crippen molar-refractivity contribution in [2.45, 2.75) is 6.54 Å². The minimum absolute atomic E-state index is 0.234. The van der Waals surface area contributed by atoms with E-state index >= 15 is 0 Å². The maximum atomic E-state index is 11.8. The SMILES string of the molecule is NCC#Cc1ccsc1CNC(=O)Nc1ccccc1. The Bertz CT molecular complexity index is 625. The van der Waals surface area contributed by atoms with Gasteiger partial charge in [-0.05, 0) is 23.6 Å². The fraction of sp³-hybridized carbons (Fsp3) is 0.133. The topological polar surface area (TPSA) is 67.1 Å².